The maximum atomic E-state index is 12.1. The van der Waals surface area contributed by atoms with E-state index in [1.54, 1.807) is 18.3 Å². The monoisotopic (exact) mass is 293 g/mol. The lowest BCUT2D eigenvalue weighted by atomic mass is 10.1. The molecule has 0 radical (unpaired) electrons. The SMILES string of the molecule is O=CC(Cc1c[nH]c2ccccc12)NC(=O)c1cccnc1. The van der Waals surface area contributed by atoms with Gasteiger partial charge in [0.2, 0.25) is 0 Å². The van der Waals surface area contributed by atoms with Gasteiger partial charge in [-0.1, -0.05) is 18.2 Å². The molecule has 0 fully saturated rings. The van der Waals surface area contributed by atoms with Crippen molar-refractivity contribution in [2.24, 2.45) is 0 Å². The van der Waals surface area contributed by atoms with Crippen molar-refractivity contribution in [3.63, 3.8) is 0 Å². The summed E-state index contributed by atoms with van der Waals surface area (Å²) in [4.78, 5) is 30.4. The molecule has 0 saturated carbocycles. The first-order valence-corrected chi connectivity index (χ1v) is 6.99. The van der Waals surface area contributed by atoms with Crippen molar-refractivity contribution in [1.82, 2.24) is 15.3 Å². The van der Waals surface area contributed by atoms with Gasteiger partial charge in [-0.2, -0.15) is 0 Å². The molecule has 2 N–H and O–H groups in total. The molecular formula is C17H15N3O2. The Hall–Kier alpha value is -2.95. The zero-order chi connectivity index (χ0) is 15.4. The maximum absolute atomic E-state index is 12.1. The molecule has 3 aromatic rings. The summed E-state index contributed by atoms with van der Waals surface area (Å²) in [5, 5.41) is 3.79. The second-order valence-corrected chi connectivity index (χ2v) is 5.02. The average molecular weight is 293 g/mol. The van der Waals surface area contributed by atoms with Crippen LogP contribution in [0, 0.1) is 0 Å². The number of benzene rings is 1. The van der Waals surface area contributed by atoms with Gasteiger partial charge in [0.25, 0.3) is 5.91 Å². The highest BCUT2D eigenvalue weighted by molar-refractivity contribution is 5.95. The van der Waals surface area contributed by atoms with Crippen LogP contribution >= 0.6 is 0 Å². The molecule has 0 aliphatic heterocycles. The lowest BCUT2D eigenvalue weighted by Crippen LogP contribution is -2.37. The van der Waals surface area contributed by atoms with Crippen molar-refractivity contribution < 1.29 is 9.59 Å². The van der Waals surface area contributed by atoms with Gasteiger partial charge in [-0.05, 0) is 23.8 Å². The number of carbonyl (C=O) groups excluding carboxylic acids is 2. The van der Waals surface area contributed by atoms with Crippen molar-refractivity contribution in [3.8, 4) is 0 Å². The fraction of sp³-hybridized carbons (Fsp3) is 0.118. The number of para-hydroxylation sites is 1. The third-order valence-electron chi connectivity index (χ3n) is 3.52. The summed E-state index contributed by atoms with van der Waals surface area (Å²) in [5.74, 6) is -0.301. The highest BCUT2D eigenvalue weighted by atomic mass is 16.2. The Morgan fingerprint density at radius 1 is 1.27 bits per heavy atom. The molecule has 3 rings (SSSR count). The van der Waals surface area contributed by atoms with Crippen molar-refractivity contribution in [2.75, 3.05) is 0 Å². The van der Waals surface area contributed by atoms with E-state index in [0.717, 1.165) is 22.8 Å². The first-order chi connectivity index (χ1) is 10.8. The molecule has 5 heteroatoms. The molecule has 1 atom stereocenters. The van der Waals surface area contributed by atoms with Gasteiger partial charge in [-0.15, -0.1) is 0 Å². The van der Waals surface area contributed by atoms with Crippen molar-refractivity contribution in [2.45, 2.75) is 12.5 Å². The molecule has 0 aliphatic rings. The molecule has 1 aromatic carbocycles. The number of rotatable bonds is 5. The van der Waals surface area contributed by atoms with Crippen LogP contribution in [0.2, 0.25) is 0 Å². The molecular weight excluding hydrogens is 278 g/mol. The molecule has 1 unspecified atom stereocenters. The average Bonchev–Trinajstić information content (AvgIpc) is 2.98. The number of pyridine rings is 1. The summed E-state index contributed by atoms with van der Waals surface area (Å²) < 4.78 is 0. The normalized spacial score (nSPS) is 12.0. The number of aromatic nitrogens is 2. The molecule has 2 aromatic heterocycles. The zero-order valence-electron chi connectivity index (χ0n) is 11.8. The molecule has 0 saturated heterocycles. The number of carbonyl (C=O) groups is 2. The summed E-state index contributed by atoms with van der Waals surface area (Å²) in [5.41, 5.74) is 2.45. The highest BCUT2D eigenvalue weighted by Gasteiger charge is 2.15. The summed E-state index contributed by atoms with van der Waals surface area (Å²) in [6.07, 6.45) is 6.15. The van der Waals surface area contributed by atoms with Crippen molar-refractivity contribution >= 4 is 23.1 Å². The number of nitrogens with one attached hydrogen (secondary N) is 2. The Balaban J connectivity index is 1.75. The summed E-state index contributed by atoms with van der Waals surface area (Å²) in [6, 6.07) is 10.6. The van der Waals surface area contributed by atoms with Crippen LogP contribution in [0.5, 0.6) is 0 Å². The van der Waals surface area contributed by atoms with Crippen LogP contribution in [0.1, 0.15) is 15.9 Å². The number of aldehydes is 1. The Labute approximate surface area is 127 Å². The van der Waals surface area contributed by atoms with E-state index in [2.05, 4.69) is 15.3 Å². The fourth-order valence-corrected chi connectivity index (χ4v) is 2.42. The quantitative estimate of drug-likeness (QED) is 0.707. The lowest BCUT2D eigenvalue weighted by Gasteiger charge is -2.12. The van der Waals surface area contributed by atoms with Crippen LogP contribution in [0.4, 0.5) is 0 Å². The number of fused-ring (bicyclic) bond motifs is 1. The Morgan fingerprint density at radius 2 is 2.14 bits per heavy atom. The first-order valence-electron chi connectivity index (χ1n) is 6.99. The standard InChI is InChI=1S/C17H15N3O2/c21-11-14(20-17(22)12-4-3-7-18-9-12)8-13-10-19-16-6-2-1-5-15(13)16/h1-7,9-11,14,19H,8H2,(H,20,22). The van der Waals surface area contributed by atoms with Crippen LogP contribution in [-0.2, 0) is 11.2 Å². The van der Waals surface area contributed by atoms with Gasteiger partial charge in [0.1, 0.15) is 6.29 Å². The van der Waals surface area contributed by atoms with Crippen molar-refractivity contribution in [3.05, 3.63) is 66.1 Å². The topological polar surface area (TPSA) is 74.8 Å². The molecule has 0 spiro atoms. The zero-order valence-corrected chi connectivity index (χ0v) is 11.8. The molecule has 2 heterocycles. The number of aromatic amines is 1. The van der Waals surface area contributed by atoms with Crippen LogP contribution in [0.15, 0.2) is 55.0 Å². The number of nitrogens with zero attached hydrogens (tertiary/aromatic N) is 1. The second-order valence-electron chi connectivity index (χ2n) is 5.02. The van der Waals surface area contributed by atoms with E-state index in [4.69, 9.17) is 0 Å². The molecule has 0 bridgehead atoms. The predicted molar refractivity (Wildman–Crippen MR) is 83.6 cm³/mol. The third-order valence-corrected chi connectivity index (χ3v) is 3.52. The van der Waals surface area contributed by atoms with Crippen LogP contribution in [0.3, 0.4) is 0 Å². The molecule has 0 aliphatic carbocycles. The van der Waals surface area contributed by atoms with E-state index < -0.39 is 6.04 Å². The first kappa shape index (κ1) is 14.0. The maximum Gasteiger partial charge on any atom is 0.253 e. The van der Waals surface area contributed by atoms with E-state index in [9.17, 15) is 9.59 Å². The number of hydrogen-bond acceptors (Lipinski definition) is 3. The largest absolute Gasteiger partial charge is 0.361 e. The van der Waals surface area contributed by atoms with E-state index >= 15 is 0 Å². The second kappa shape index (κ2) is 6.22. The van der Waals surface area contributed by atoms with E-state index in [1.807, 2.05) is 30.5 Å². The summed E-state index contributed by atoms with van der Waals surface area (Å²) >= 11 is 0. The van der Waals surface area contributed by atoms with E-state index in [0.29, 0.717) is 12.0 Å². The lowest BCUT2D eigenvalue weighted by molar-refractivity contribution is -0.109. The minimum Gasteiger partial charge on any atom is -0.361 e. The summed E-state index contributed by atoms with van der Waals surface area (Å²) in [6.45, 7) is 0. The van der Waals surface area contributed by atoms with Crippen LogP contribution in [-0.4, -0.2) is 28.2 Å². The predicted octanol–water partition coefficient (Wildman–Crippen LogP) is 2.10. The van der Waals surface area contributed by atoms with Gasteiger partial charge in [0.05, 0.1) is 11.6 Å². The Kier molecular flexibility index (Phi) is 3.96. The van der Waals surface area contributed by atoms with E-state index in [-0.39, 0.29) is 5.91 Å². The Bertz CT molecular complexity index is 796. The van der Waals surface area contributed by atoms with Gasteiger partial charge in [0.15, 0.2) is 0 Å². The molecule has 110 valence electrons. The number of H-pyrrole nitrogens is 1. The highest BCUT2D eigenvalue weighted by Crippen LogP contribution is 2.18. The molecule has 1 amide bonds. The van der Waals surface area contributed by atoms with Crippen LogP contribution in [0.25, 0.3) is 10.9 Å². The minimum absolute atomic E-state index is 0.301. The van der Waals surface area contributed by atoms with Gasteiger partial charge < -0.3 is 15.1 Å². The van der Waals surface area contributed by atoms with Crippen LogP contribution < -0.4 is 5.32 Å². The number of amides is 1. The van der Waals surface area contributed by atoms with E-state index in [1.165, 1.54) is 6.20 Å². The molecule has 5 nitrogen and oxygen atoms in total. The Morgan fingerprint density at radius 3 is 2.91 bits per heavy atom. The van der Waals surface area contributed by atoms with Gasteiger partial charge in [-0.3, -0.25) is 9.78 Å². The van der Waals surface area contributed by atoms with Gasteiger partial charge >= 0.3 is 0 Å². The fourth-order valence-electron chi connectivity index (χ4n) is 2.42. The number of hydrogen-bond donors (Lipinski definition) is 2. The minimum atomic E-state index is -0.577. The third kappa shape index (κ3) is 2.88. The van der Waals surface area contributed by atoms with Gasteiger partial charge in [0, 0.05) is 35.9 Å². The van der Waals surface area contributed by atoms with Crippen molar-refractivity contribution in [1.29, 1.82) is 0 Å². The smallest absolute Gasteiger partial charge is 0.253 e. The van der Waals surface area contributed by atoms with Gasteiger partial charge in [-0.25, -0.2) is 0 Å². The molecule has 22 heavy (non-hydrogen) atoms. The summed E-state index contributed by atoms with van der Waals surface area (Å²) in [7, 11) is 0.